The lowest BCUT2D eigenvalue weighted by Gasteiger charge is -2.34. The maximum atomic E-state index is 11.5. The van der Waals surface area contributed by atoms with Crippen molar-refractivity contribution in [1.82, 2.24) is 14.4 Å². The number of anilines is 1. The molecule has 2 aromatic heterocycles. The second-order valence-corrected chi connectivity index (χ2v) is 5.04. The Morgan fingerprint density at radius 2 is 2.42 bits per heavy atom. The van der Waals surface area contributed by atoms with Gasteiger partial charge in [-0.25, -0.2) is 9.97 Å². The summed E-state index contributed by atoms with van der Waals surface area (Å²) in [5.74, 6) is 0.206. The predicted octanol–water partition coefficient (Wildman–Crippen LogP) is 0.182. The van der Waals surface area contributed by atoms with Gasteiger partial charge in [0, 0.05) is 25.1 Å². The second kappa shape index (κ2) is 4.78. The third kappa shape index (κ3) is 2.17. The summed E-state index contributed by atoms with van der Waals surface area (Å²) in [7, 11) is 0. The van der Waals surface area contributed by atoms with Crippen molar-refractivity contribution in [1.29, 1.82) is 0 Å². The SMILES string of the molecule is NC(=O)C1COCCN1c1nc(Br)cn2ccnc12. The molecule has 1 aliphatic heterocycles. The number of hydrogen-bond donors (Lipinski definition) is 1. The summed E-state index contributed by atoms with van der Waals surface area (Å²) in [4.78, 5) is 22.1. The minimum absolute atomic E-state index is 0.274. The molecule has 3 heterocycles. The summed E-state index contributed by atoms with van der Waals surface area (Å²) in [6.45, 7) is 1.36. The average molecular weight is 326 g/mol. The number of primary amides is 1. The smallest absolute Gasteiger partial charge is 0.242 e. The largest absolute Gasteiger partial charge is 0.377 e. The van der Waals surface area contributed by atoms with Gasteiger partial charge in [0.2, 0.25) is 5.91 Å². The minimum atomic E-state index is -0.518. The number of carbonyl (C=O) groups excluding carboxylic acids is 1. The van der Waals surface area contributed by atoms with Gasteiger partial charge in [-0.1, -0.05) is 0 Å². The van der Waals surface area contributed by atoms with Crippen LogP contribution in [0.4, 0.5) is 5.82 Å². The molecule has 0 saturated carbocycles. The highest BCUT2D eigenvalue weighted by molar-refractivity contribution is 9.10. The van der Waals surface area contributed by atoms with E-state index in [0.29, 0.717) is 29.2 Å². The standard InChI is InChI=1S/C11H12BrN5O2/c12-8-5-16-2-1-14-10(16)11(15-8)17-3-4-19-6-7(17)9(13)18/h1-2,5,7H,3-4,6H2,(H2,13,18). The minimum Gasteiger partial charge on any atom is -0.377 e. The Labute approximate surface area is 117 Å². The summed E-state index contributed by atoms with van der Waals surface area (Å²) < 4.78 is 7.83. The topological polar surface area (TPSA) is 85.8 Å². The quantitative estimate of drug-likeness (QED) is 0.851. The van der Waals surface area contributed by atoms with Crippen molar-refractivity contribution in [3.05, 3.63) is 23.2 Å². The molecule has 0 spiro atoms. The summed E-state index contributed by atoms with van der Waals surface area (Å²) in [5, 5.41) is 0. The van der Waals surface area contributed by atoms with Gasteiger partial charge in [0.1, 0.15) is 10.6 Å². The number of morpholine rings is 1. The molecule has 1 unspecified atom stereocenters. The summed E-state index contributed by atoms with van der Waals surface area (Å²) in [6, 6.07) is -0.518. The van der Waals surface area contributed by atoms with Crippen molar-refractivity contribution in [2.45, 2.75) is 6.04 Å². The number of nitrogens with zero attached hydrogens (tertiary/aromatic N) is 4. The van der Waals surface area contributed by atoms with Gasteiger partial charge in [0.05, 0.1) is 13.2 Å². The molecule has 0 bridgehead atoms. The average Bonchev–Trinajstić information content (AvgIpc) is 2.85. The third-order valence-corrected chi connectivity index (χ3v) is 3.44. The number of rotatable bonds is 2. The highest BCUT2D eigenvalue weighted by atomic mass is 79.9. The fourth-order valence-electron chi connectivity index (χ4n) is 2.17. The number of hydrogen-bond acceptors (Lipinski definition) is 5. The van der Waals surface area contributed by atoms with Crippen LogP contribution < -0.4 is 10.6 Å². The molecule has 100 valence electrons. The Balaban J connectivity index is 2.11. The van der Waals surface area contributed by atoms with E-state index in [4.69, 9.17) is 10.5 Å². The zero-order valence-electron chi connectivity index (χ0n) is 9.99. The summed E-state index contributed by atoms with van der Waals surface area (Å²) in [6.07, 6.45) is 5.32. The van der Waals surface area contributed by atoms with Crippen molar-refractivity contribution < 1.29 is 9.53 Å². The van der Waals surface area contributed by atoms with Crippen molar-refractivity contribution in [2.75, 3.05) is 24.7 Å². The van der Waals surface area contributed by atoms with Gasteiger partial charge in [-0.2, -0.15) is 0 Å². The molecule has 1 aliphatic rings. The second-order valence-electron chi connectivity index (χ2n) is 4.23. The molecule has 1 atom stereocenters. The van der Waals surface area contributed by atoms with E-state index < -0.39 is 11.9 Å². The Morgan fingerprint density at radius 1 is 1.58 bits per heavy atom. The molecule has 1 amide bonds. The van der Waals surface area contributed by atoms with Crippen molar-refractivity contribution in [2.24, 2.45) is 5.73 Å². The first-order valence-electron chi connectivity index (χ1n) is 5.80. The van der Waals surface area contributed by atoms with E-state index >= 15 is 0 Å². The predicted molar refractivity (Wildman–Crippen MR) is 71.8 cm³/mol. The molecule has 0 aromatic carbocycles. The zero-order chi connectivity index (χ0) is 13.4. The maximum Gasteiger partial charge on any atom is 0.242 e. The molecule has 0 radical (unpaired) electrons. The molecule has 7 nitrogen and oxygen atoms in total. The molecule has 1 saturated heterocycles. The van der Waals surface area contributed by atoms with Crippen molar-refractivity contribution in [3.8, 4) is 0 Å². The summed E-state index contributed by atoms with van der Waals surface area (Å²) in [5.41, 5.74) is 6.12. The van der Waals surface area contributed by atoms with Crippen LogP contribution in [0.25, 0.3) is 5.65 Å². The highest BCUT2D eigenvalue weighted by Gasteiger charge is 2.30. The number of imidazole rings is 1. The van der Waals surface area contributed by atoms with Crippen LogP contribution in [-0.2, 0) is 9.53 Å². The normalized spacial score (nSPS) is 19.8. The Hall–Kier alpha value is -1.67. The lowest BCUT2D eigenvalue weighted by molar-refractivity contribution is -0.121. The van der Waals surface area contributed by atoms with Crippen LogP contribution in [0.3, 0.4) is 0 Å². The van der Waals surface area contributed by atoms with E-state index in [1.807, 2.05) is 21.7 Å². The first-order valence-corrected chi connectivity index (χ1v) is 6.59. The molecule has 0 aliphatic carbocycles. The molecule has 8 heteroatoms. The number of nitrogens with two attached hydrogens (primary N) is 1. The maximum absolute atomic E-state index is 11.5. The van der Waals surface area contributed by atoms with Crippen LogP contribution in [-0.4, -0.2) is 46.1 Å². The fraction of sp³-hybridized carbons (Fsp3) is 0.364. The molecule has 3 rings (SSSR count). The number of halogens is 1. The van der Waals surface area contributed by atoms with Gasteiger partial charge in [0.15, 0.2) is 11.5 Å². The zero-order valence-corrected chi connectivity index (χ0v) is 11.6. The highest BCUT2D eigenvalue weighted by Crippen LogP contribution is 2.24. The van der Waals surface area contributed by atoms with Gasteiger partial charge in [-0.3, -0.25) is 4.79 Å². The summed E-state index contributed by atoms with van der Waals surface area (Å²) >= 11 is 3.36. The third-order valence-electron chi connectivity index (χ3n) is 3.06. The number of carbonyl (C=O) groups is 1. The van der Waals surface area contributed by atoms with E-state index in [9.17, 15) is 4.79 Å². The Bertz CT molecular complexity index is 629. The van der Waals surface area contributed by atoms with Crippen LogP contribution >= 0.6 is 15.9 Å². The first kappa shape index (κ1) is 12.4. The van der Waals surface area contributed by atoms with Crippen molar-refractivity contribution >= 4 is 33.3 Å². The monoisotopic (exact) mass is 325 g/mol. The number of ether oxygens (including phenoxy) is 1. The van der Waals surface area contributed by atoms with E-state index in [0.717, 1.165) is 0 Å². The molecule has 2 N–H and O–H groups in total. The van der Waals surface area contributed by atoms with E-state index in [1.54, 1.807) is 6.20 Å². The van der Waals surface area contributed by atoms with Gasteiger partial charge in [0.25, 0.3) is 0 Å². The van der Waals surface area contributed by atoms with Crippen molar-refractivity contribution in [3.63, 3.8) is 0 Å². The van der Waals surface area contributed by atoms with Gasteiger partial charge in [-0.05, 0) is 15.9 Å². The van der Waals surface area contributed by atoms with Crippen LogP contribution in [0.2, 0.25) is 0 Å². The lowest BCUT2D eigenvalue weighted by atomic mass is 10.2. The molecular weight excluding hydrogens is 314 g/mol. The van der Waals surface area contributed by atoms with E-state index in [1.165, 1.54) is 0 Å². The van der Waals surface area contributed by atoms with Gasteiger partial charge in [-0.15, -0.1) is 0 Å². The molecular formula is C11H12BrN5O2. The van der Waals surface area contributed by atoms with E-state index in [-0.39, 0.29) is 6.61 Å². The fourth-order valence-corrected chi connectivity index (χ4v) is 2.56. The Kier molecular flexibility index (Phi) is 3.11. The van der Waals surface area contributed by atoms with Gasteiger partial charge < -0.3 is 19.8 Å². The number of aromatic nitrogens is 3. The molecule has 2 aromatic rings. The molecule has 19 heavy (non-hydrogen) atoms. The number of amides is 1. The number of fused-ring (bicyclic) bond motifs is 1. The Morgan fingerprint density at radius 3 is 3.21 bits per heavy atom. The van der Waals surface area contributed by atoms with E-state index in [2.05, 4.69) is 25.9 Å². The first-order chi connectivity index (χ1) is 9.16. The molecule has 1 fully saturated rings. The van der Waals surface area contributed by atoms with Gasteiger partial charge >= 0.3 is 0 Å². The van der Waals surface area contributed by atoms with Crippen LogP contribution in [0.15, 0.2) is 23.2 Å². The van der Waals surface area contributed by atoms with Crippen LogP contribution in [0.1, 0.15) is 0 Å². The van der Waals surface area contributed by atoms with Crippen LogP contribution in [0, 0.1) is 0 Å². The van der Waals surface area contributed by atoms with Crippen LogP contribution in [0.5, 0.6) is 0 Å². The lowest BCUT2D eigenvalue weighted by Crippen LogP contribution is -2.53.